The topological polar surface area (TPSA) is 83.8 Å². The van der Waals surface area contributed by atoms with Gasteiger partial charge in [0.15, 0.2) is 18.2 Å². The molecule has 0 bridgehead atoms. The van der Waals surface area contributed by atoms with Crippen molar-refractivity contribution >= 4 is 11.9 Å². The number of likely N-dealkylation sites (N-methyl/N-ethyl adjacent to an activating group) is 1. The maximum Gasteiger partial charge on any atom is 0.359 e. The first kappa shape index (κ1) is 18.9. The number of aliphatic carboxylic acids is 1. The number of esters is 1. The Labute approximate surface area is 154 Å². The molecule has 2 aliphatic rings. The number of nitrogens with zero attached hydrogens (tertiary/aromatic N) is 1. The number of carboxylic acid groups (broad SMARTS) is 1. The minimum atomic E-state index is -1.63. The Kier molecular flexibility index (Phi) is 5.34. The number of carboxylic acids is 1. The van der Waals surface area contributed by atoms with Crippen molar-refractivity contribution in [2.24, 2.45) is 5.92 Å². The number of benzene rings is 1. The number of hydrogen-bond acceptors (Lipinski definition) is 4. The highest BCUT2D eigenvalue weighted by molar-refractivity contribution is 5.81. The molecule has 3 atom stereocenters. The van der Waals surface area contributed by atoms with Crippen molar-refractivity contribution in [3.05, 3.63) is 35.9 Å². The van der Waals surface area contributed by atoms with Crippen molar-refractivity contribution in [2.75, 3.05) is 26.7 Å². The smallest absolute Gasteiger partial charge is 0.359 e. The quantitative estimate of drug-likeness (QED) is 0.597. The molecule has 1 aliphatic heterocycles. The van der Waals surface area contributed by atoms with Crippen molar-refractivity contribution in [3.63, 3.8) is 0 Å². The molecule has 0 radical (unpaired) electrons. The molecular weight excluding hydrogens is 334 g/mol. The second-order valence-corrected chi connectivity index (χ2v) is 8.01. The van der Waals surface area contributed by atoms with Crippen LogP contribution < -0.4 is 0 Å². The average Bonchev–Trinajstić information content (AvgIpc) is 3.25. The lowest BCUT2D eigenvalue weighted by Crippen LogP contribution is -2.48. The molecule has 1 saturated carbocycles. The van der Waals surface area contributed by atoms with Crippen molar-refractivity contribution in [1.82, 2.24) is 0 Å². The normalized spacial score (nSPS) is 28.6. The van der Waals surface area contributed by atoms with E-state index in [0.717, 1.165) is 25.7 Å². The first-order valence-corrected chi connectivity index (χ1v) is 9.38. The lowest BCUT2D eigenvalue weighted by Gasteiger charge is -2.33. The van der Waals surface area contributed by atoms with E-state index >= 15 is 0 Å². The zero-order valence-corrected chi connectivity index (χ0v) is 15.3. The van der Waals surface area contributed by atoms with Gasteiger partial charge in [-0.3, -0.25) is 0 Å². The third-order valence-corrected chi connectivity index (χ3v) is 5.90. The van der Waals surface area contributed by atoms with Gasteiger partial charge in [0.1, 0.15) is 6.54 Å². The lowest BCUT2D eigenvalue weighted by atomic mass is 9.80. The van der Waals surface area contributed by atoms with Crippen LogP contribution in [0.1, 0.15) is 37.7 Å². The van der Waals surface area contributed by atoms with E-state index in [-0.39, 0.29) is 18.6 Å². The molecule has 1 heterocycles. The van der Waals surface area contributed by atoms with Crippen LogP contribution in [0.15, 0.2) is 30.3 Å². The van der Waals surface area contributed by atoms with Gasteiger partial charge in [-0.15, -0.1) is 0 Å². The van der Waals surface area contributed by atoms with Crippen LogP contribution in [-0.4, -0.2) is 59.4 Å². The molecule has 6 nitrogen and oxygen atoms in total. The summed E-state index contributed by atoms with van der Waals surface area (Å²) in [5, 5.41) is 20.5. The Balaban J connectivity index is 1.76. The average molecular weight is 362 g/mol. The molecule has 3 rings (SSSR count). The van der Waals surface area contributed by atoms with Crippen LogP contribution in [0.5, 0.6) is 0 Å². The number of likely N-dealkylation sites (tertiary alicyclic amines) is 1. The maximum absolute atomic E-state index is 13.0. The Hall–Kier alpha value is -1.92. The van der Waals surface area contributed by atoms with E-state index < -0.39 is 17.5 Å². The highest BCUT2D eigenvalue weighted by atomic mass is 16.6. The number of ether oxygens (including phenoxy) is 1. The minimum Gasteiger partial charge on any atom is -0.477 e. The fourth-order valence-electron chi connectivity index (χ4n) is 4.49. The first-order chi connectivity index (χ1) is 12.3. The SMILES string of the molecule is C[N+]1(CC(=O)O)CCC(OC(=O)[C@@](O)(c2ccccc2)C2CCCC2)C1. The van der Waals surface area contributed by atoms with Crippen LogP contribution in [0.3, 0.4) is 0 Å². The van der Waals surface area contributed by atoms with Gasteiger partial charge in [-0.25, -0.2) is 9.59 Å². The van der Waals surface area contributed by atoms with Crippen molar-refractivity contribution in [2.45, 2.75) is 43.8 Å². The van der Waals surface area contributed by atoms with Crippen LogP contribution in [-0.2, 0) is 19.9 Å². The second kappa shape index (κ2) is 7.37. The van der Waals surface area contributed by atoms with Gasteiger partial charge < -0.3 is 19.4 Å². The predicted molar refractivity (Wildman–Crippen MR) is 95.2 cm³/mol. The minimum absolute atomic E-state index is 0.0135. The van der Waals surface area contributed by atoms with Gasteiger partial charge in [-0.1, -0.05) is 43.2 Å². The summed E-state index contributed by atoms with van der Waals surface area (Å²) in [6.07, 6.45) is 3.87. The zero-order valence-electron chi connectivity index (χ0n) is 15.3. The first-order valence-electron chi connectivity index (χ1n) is 9.38. The molecule has 2 unspecified atom stereocenters. The molecule has 1 aromatic carbocycles. The number of aliphatic hydroxyl groups is 1. The van der Waals surface area contributed by atoms with Crippen LogP contribution in [0.2, 0.25) is 0 Å². The molecule has 2 fully saturated rings. The van der Waals surface area contributed by atoms with Gasteiger partial charge in [-0.05, 0) is 18.4 Å². The highest BCUT2D eigenvalue weighted by Gasteiger charge is 2.49. The summed E-state index contributed by atoms with van der Waals surface area (Å²) in [6, 6.07) is 9.05. The second-order valence-electron chi connectivity index (χ2n) is 8.01. The molecule has 26 heavy (non-hydrogen) atoms. The molecule has 0 amide bonds. The maximum atomic E-state index is 13.0. The summed E-state index contributed by atoms with van der Waals surface area (Å²) >= 11 is 0. The van der Waals surface area contributed by atoms with Gasteiger partial charge in [0.25, 0.3) is 0 Å². The van der Waals surface area contributed by atoms with Crippen molar-refractivity contribution in [1.29, 1.82) is 0 Å². The van der Waals surface area contributed by atoms with E-state index in [1.807, 2.05) is 25.2 Å². The molecule has 1 saturated heterocycles. The number of quaternary nitrogens is 1. The van der Waals surface area contributed by atoms with Crippen molar-refractivity contribution in [3.8, 4) is 0 Å². The number of rotatable bonds is 6. The molecule has 142 valence electrons. The number of carbonyl (C=O) groups is 2. The predicted octanol–water partition coefficient (Wildman–Crippen LogP) is 1.91. The van der Waals surface area contributed by atoms with E-state index in [9.17, 15) is 14.7 Å². The van der Waals surface area contributed by atoms with Gasteiger partial charge in [0, 0.05) is 12.3 Å². The molecule has 0 aromatic heterocycles. The van der Waals surface area contributed by atoms with Crippen molar-refractivity contribution < 1.29 is 29.0 Å². The fourth-order valence-corrected chi connectivity index (χ4v) is 4.49. The van der Waals surface area contributed by atoms with E-state index in [1.165, 1.54) is 0 Å². The fraction of sp³-hybridized carbons (Fsp3) is 0.600. The summed E-state index contributed by atoms with van der Waals surface area (Å²) in [5.74, 6) is -1.59. The summed E-state index contributed by atoms with van der Waals surface area (Å²) in [6.45, 7) is 1.13. The number of carbonyl (C=O) groups excluding carboxylic acids is 1. The lowest BCUT2D eigenvalue weighted by molar-refractivity contribution is -0.891. The monoisotopic (exact) mass is 362 g/mol. The number of hydrogen-bond donors (Lipinski definition) is 2. The van der Waals surface area contributed by atoms with E-state index in [0.29, 0.717) is 29.6 Å². The van der Waals surface area contributed by atoms with Crippen LogP contribution in [0.4, 0.5) is 0 Å². The summed E-state index contributed by atoms with van der Waals surface area (Å²) in [7, 11) is 1.86. The van der Waals surface area contributed by atoms with E-state index in [4.69, 9.17) is 9.84 Å². The molecule has 0 spiro atoms. The van der Waals surface area contributed by atoms with Gasteiger partial charge >= 0.3 is 11.9 Å². The molecule has 6 heteroatoms. The van der Waals surface area contributed by atoms with Gasteiger partial charge in [0.2, 0.25) is 0 Å². The standard InChI is InChI=1S/C20H27NO5/c1-21(14-18(22)23)12-11-17(13-21)26-19(24)20(25,16-9-5-6-10-16)15-7-3-2-4-8-15/h2-4,7-8,16-17,25H,5-6,9-14H2,1H3/p+1/t17?,20-,21?/m1/s1. The van der Waals surface area contributed by atoms with Gasteiger partial charge in [0.05, 0.1) is 13.6 Å². The summed E-state index contributed by atoms with van der Waals surface area (Å²) < 4.78 is 6.07. The van der Waals surface area contributed by atoms with Gasteiger partial charge in [-0.2, -0.15) is 0 Å². The van der Waals surface area contributed by atoms with Crippen LogP contribution in [0.25, 0.3) is 0 Å². The highest BCUT2D eigenvalue weighted by Crippen LogP contribution is 2.42. The van der Waals surface area contributed by atoms with E-state index in [1.54, 1.807) is 12.1 Å². The Bertz CT molecular complexity index is 657. The van der Waals surface area contributed by atoms with Crippen LogP contribution >= 0.6 is 0 Å². The molecular formula is C20H28NO5+. The van der Waals surface area contributed by atoms with Crippen LogP contribution in [0, 0.1) is 5.92 Å². The van der Waals surface area contributed by atoms with E-state index in [2.05, 4.69) is 0 Å². The third-order valence-electron chi connectivity index (χ3n) is 5.90. The molecule has 1 aromatic rings. The Morgan fingerprint density at radius 3 is 2.46 bits per heavy atom. The Morgan fingerprint density at radius 2 is 1.85 bits per heavy atom. The third kappa shape index (κ3) is 3.76. The Morgan fingerprint density at radius 1 is 1.19 bits per heavy atom. The summed E-state index contributed by atoms with van der Waals surface area (Å²) in [5.41, 5.74) is -1.05. The largest absolute Gasteiger partial charge is 0.477 e. The molecule has 1 aliphatic carbocycles. The zero-order chi connectivity index (χ0) is 18.8. The molecule has 2 N–H and O–H groups in total. The summed E-state index contributed by atoms with van der Waals surface area (Å²) in [4.78, 5) is 24.1.